The monoisotopic (exact) mass is 312 g/mol. The summed E-state index contributed by atoms with van der Waals surface area (Å²) in [5, 5.41) is 0. The van der Waals surface area contributed by atoms with Gasteiger partial charge in [-0.25, -0.2) is 8.42 Å². The summed E-state index contributed by atoms with van der Waals surface area (Å²) in [4.78, 5) is 6.45. The van der Waals surface area contributed by atoms with Crippen LogP contribution in [0.25, 0.3) is 0 Å². The van der Waals surface area contributed by atoms with E-state index in [1.807, 2.05) is 18.3 Å². The Morgan fingerprint density at radius 3 is 2.48 bits per heavy atom. The molecule has 0 saturated carbocycles. The van der Waals surface area contributed by atoms with Gasteiger partial charge < -0.3 is 5.73 Å². The molecule has 21 heavy (non-hydrogen) atoms. The van der Waals surface area contributed by atoms with Gasteiger partial charge in [0.25, 0.3) is 0 Å². The first kappa shape index (κ1) is 16.4. The van der Waals surface area contributed by atoms with Gasteiger partial charge in [0.05, 0.1) is 12.3 Å². The maximum atomic E-state index is 11.6. The molecule has 2 rings (SSSR count). The molecule has 2 unspecified atom stereocenters. The lowest BCUT2D eigenvalue weighted by molar-refractivity contribution is 0.119. The topological polar surface area (TPSA) is 79.5 Å². The maximum Gasteiger partial charge on any atom is 0.211 e. The fourth-order valence-corrected chi connectivity index (χ4v) is 3.64. The molecule has 1 aromatic rings. The minimum atomic E-state index is -3.10. The first-order valence-corrected chi connectivity index (χ1v) is 9.13. The Labute approximate surface area is 127 Å². The molecule has 0 spiro atoms. The van der Waals surface area contributed by atoms with E-state index in [1.54, 1.807) is 6.20 Å². The molecule has 118 valence electrons. The molecule has 0 amide bonds. The van der Waals surface area contributed by atoms with E-state index in [2.05, 4.69) is 16.8 Å². The summed E-state index contributed by atoms with van der Waals surface area (Å²) in [5.74, 6) is 0. The van der Waals surface area contributed by atoms with Gasteiger partial charge in [-0.05, 0) is 18.1 Å². The predicted molar refractivity (Wildman–Crippen MR) is 83.2 cm³/mol. The number of nitrogens with zero attached hydrogens (tertiary/aromatic N) is 3. The fourth-order valence-electron chi connectivity index (χ4n) is 2.82. The first-order chi connectivity index (χ1) is 9.93. The summed E-state index contributed by atoms with van der Waals surface area (Å²) in [6.45, 7) is 4.50. The molecular weight excluding hydrogens is 288 g/mol. The van der Waals surface area contributed by atoms with Crippen LogP contribution in [0.5, 0.6) is 0 Å². The van der Waals surface area contributed by atoms with Crippen molar-refractivity contribution in [3.63, 3.8) is 0 Å². The van der Waals surface area contributed by atoms with Crippen molar-refractivity contribution in [2.75, 3.05) is 32.4 Å². The molecule has 1 aliphatic heterocycles. The normalized spacial score (nSPS) is 21.1. The number of pyridine rings is 1. The zero-order valence-electron chi connectivity index (χ0n) is 12.6. The lowest BCUT2D eigenvalue weighted by Crippen LogP contribution is -2.52. The predicted octanol–water partition coefficient (Wildman–Crippen LogP) is 0.437. The van der Waals surface area contributed by atoms with Crippen molar-refractivity contribution in [3.8, 4) is 0 Å². The highest BCUT2D eigenvalue weighted by Gasteiger charge is 2.31. The molecule has 0 radical (unpaired) electrons. The van der Waals surface area contributed by atoms with Crippen LogP contribution in [0, 0.1) is 0 Å². The van der Waals surface area contributed by atoms with Gasteiger partial charge >= 0.3 is 0 Å². The molecule has 1 aliphatic rings. The standard InChI is InChI=1S/C14H24N4O2S/c1-3-13(15)14(12-5-4-6-16-11-12)17-7-9-18(10-8-17)21(2,19)20/h4-6,11,13-14H,3,7-10,15H2,1-2H3. The Hall–Kier alpha value is -1.02. The molecule has 7 heteroatoms. The second kappa shape index (κ2) is 6.83. The van der Waals surface area contributed by atoms with Crippen molar-refractivity contribution in [2.45, 2.75) is 25.4 Å². The molecule has 1 aromatic heterocycles. The quantitative estimate of drug-likeness (QED) is 0.853. The number of piperazine rings is 1. The molecule has 2 N–H and O–H groups in total. The van der Waals surface area contributed by atoms with E-state index in [1.165, 1.54) is 10.6 Å². The molecule has 6 nitrogen and oxygen atoms in total. The van der Waals surface area contributed by atoms with E-state index in [0.717, 1.165) is 12.0 Å². The van der Waals surface area contributed by atoms with Gasteiger partial charge in [-0.3, -0.25) is 9.88 Å². The third kappa shape index (κ3) is 4.00. The highest BCUT2D eigenvalue weighted by molar-refractivity contribution is 7.88. The Morgan fingerprint density at radius 1 is 1.33 bits per heavy atom. The minimum absolute atomic E-state index is 0.0129. The van der Waals surface area contributed by atoms with Gasteiger partial charge in [0.15, 0.2) is 0 Å². The summed E-state index contributed by atoms with van der Waals surface area (Å²) in [6, 6.07) is 4.05. The molecule has 2 heterocycles. The van der Waals surface area contributed by atoms with Gasteiger partial charge in [-0.1, -0.05) is 13.0 Å². The Morgan fingerprint density at radius 2 is 2.00 bits per heavy atom. The highest BCUT2D eigenvalue weighted by Crippen LogP contribution is 2.26. The maximum absolute atomic E-state index is 11.6. The van der Waals surface area contributed by atoms with Crippen molar-refractivity contribution in [2.24, 2.45) is 5.73 Å². The van der Waals surface area contributed by atoms with Crippen LogP contribution in [-0.2, 0) is 10.0 Å². The molecule has 0 aliphatic carbocycles. The average molecular weight is 312 g/mol. The van der Waals surface area contributed by atoms with Crippen LogP contribution in [0.4, 0.5) is 0 Å². The van der Waals surface area contributed by atoms with Crippen molar-refractivity contribution in [3.05, 3.63) is 30.1 Å². The summed E-state index contributed by atoms with van der Waals surface area (Å²) < 4.78 is 24.7. The van der Waals surface area contributed by atoms with E-state index in [-0.39, 0.29) is 12.1 Å². The SMILES string of the molecule is CCC(N)C(c1cccnc1)N1CCN(S(C)(=O)=O)CC1. The molecule has 2 atom stereocenters. The molecular formula is C14H24N4O2S. The number of rotatable bonds is 5. The second-order valence-corrected chi connectivity index (χ2v) is 7.48. The van der Waals surface area contributed by atoms with Gasteiger partial charge in [-0.2, -0.15) is 4.31 Å². The summed E-state index contributed by atoms with van der Waals surface area (Å²) >= 11 is 0. The van der Waals surface area contributed by atoms with Crippen LogP contribution < -0.4 is 5.73 Å². The van der Waals surface area contributed by atoms with Crippen molar-refractivity contribution in [1.82, 2.24) is 14.2 Å². The van der Waals surface area contributed by atoms with Crippen LogP contribution in [0.2, 0.25) is 0 Å². The van der Waals surface area contributed by atoms with Crippen molar-refractivity contribution in [1.29, 1.82) is 0 Å². The fraction of sp³-hybridized carbons (Fsp3) is 0.643. The molecule has 0 bridgehead atoms. The minimum Gasteiger partial charge on any atom is -0.326 e. The van der Waals surface area contributed by atoms with Crippen LogP contribution in [0.1, 0.15) is 24.9 Å². The first-order valence-electron chi connectivity index (χ1n) is 7.28. The van der Waals surface area contributed by atoms with Gasteiger partial charge in [-0.15, -0.1) is 0 Å². The van der Waals surface area contributed by atoms with Crippen molar-refractivity contribution >= 4 is 10.0 Å². The number of nitrogens with two attached hydrogens (primary N) is 1. The lowest BCUT2D eigenvalue weighted by Gasteiger charge is -2.40. The van der Waals surface area contributed by atoms with E-state index in [4.69, 9.17) is 5.73 Å². The van der Waals surface area contributed by atoms with Gasteiger partial charge in [0, 0.05) is 44.6 Å². The number of hydrogen-bond donors (Lipinski definition) is 1. The molecule has 1 fully saturated rings. The van der Waals surface area contributed by atoms with E-state index >= 15 is 0 Å². The van der Waals surface area contributed by atoms with Crippen LogP contribution in [-0.4, -0.2) is 61.1 Å². The Bertz CT molecular complexity index is 541. The second-order valence-electron chi connectivity index (χ2n) is 5.50. The Balaban J connectivity index is 2.13. The third-order valence-electron chi connectivity index (χ3n) is 4.04. The summed E-state index contributed by atoms with van der Waals surface area (Å²) in [7, 11) is -3.10. The van der Waals surface area contributed by atoms with Crippen LogP contribution >= 0.6 is 0 Å². The van der Waals surface area contributed by atoms with Gasteiger partial charge in [0.2, 0.25) is 10.0 Å². The van der Waals surface area contributed by atoms with E-state index in [9.17, 15) is 8.42 Å². The lowest BCUT2D eigenvalue weighted by atomic mass is 9.97. The van der Waals surface area contributed by atoms with E-state index < -0.39 is 10.0 Å². The zero-order chi connectivity index (χ0) is 15.5. The third-order valence-corrected chi connectivity index (χ3v) is 5.34. The number of aromatic nitrogens is 1. The summed E-state index contributed by atoms with van der Waals surface area (Å²) in [6.07, 6.45) is 5.73. The van der Waals surface area contributed by atoms with Crippen molar-refractivity contribution < 1.29 is 8.42 Å². The van der Waals surface area contributed by atoms with Crippen LogP contribution in [0.15, 0.2) is 24.5 Å². The highest BCUT2D eigenvalue weighted by atomic mass is 32.2. The Kier molecular flexibility index (Phi) is 5.32. The largest absolute Gasteiger partial charge is 0.326 e. The number of sulfonamides is 1. The van der Waals surface area contributed by atoms with Gasteiger partial charge in [0.1, 0.15) is 0 Å². The zero-order valence-corrected chi connectivity index (χ0v) is 13.5. The molecule has 1 saturated heterocycles. The van der Waals surface area contributed by atoms with Crippen LogP contribution in [0.3, 0.4) is 0 Å². The smallest absolute Gasteiger partial charge is 0.211 e. The number of hydrogen-bond acceptors (Lipinski definition) is 5. The summed E-state index contributed by atoms with van der Waals surface area (Å²) in [5.41, 5.74) is 7.40. The average Bonchev–Trinajstić information content (AvgIpc) is 2.48. The molecule has 0 aromatic carbocycles. The van der Waals surface area contributed by atoms with E-state index in [0.29, 0.717) is 26.2 Å².